The second-order valence-corrected chi connectivity index (χ2v) is 6.26. The van der Waals surface area contributed by atoms with Gasteiger partial charge in [0.15, 0.2) is 5.78 Å². The second kappa shape index (κ2) is 5.54. The van der Waals surface area contributed by atoms with Gasteiger partial charge in [0, 0.05) is 37.0 Å². The summed E-state index contributed by atoms with van der Waals surface area (Å²) in [5.74, 6) is 0.858. The number of Topliss-reactive ketones (excluding diaryl/α,β-unsaturated/α-hetero) is 1. The Morgan fingerprint density at radius 2 is 1.59 bits per heavy atom. The Bertz CT molecular complexity index is 705. The Labute approximate surface area is 131 Å². The van der Waals surface area contributed by atoms with Gasteiger partial charge in [-0.15, -0.1) is 0 Å². The van der Waals surface area contributed by atoms with Gasteiger partial charge in [0.2, 0.25) is 0 Å². The van der Waals surface area contributed by atoms with E-state index in [0.29, 0.717) is 11.7 Å². The van der Waals surface area contributed by atoms with E-state index in [-0.39, 0.29) is 5.92 Å². The summed E-state index contributed by atoms with van der Waals surface area (Å²) in [6, 6.07) is 20.6. The number of carbonyl (C=O) groups excluding carboxylic acids is 1. The Balaban J connectivity index is 1.50. The number of allylic oxidation sites excluding steroid dienone is 1. The number of hydrogen-bond donors (Lipinski definition) is 0. The molecule has 1 saturated heterocycles. The van der Waals surface area contributed by atoms with Crippen molar-refractivity contribution in [2.45, 2.75) is 6.54 Å². The van der Waals surface area contributed by atoms with Gasteiger partial charge in [-0.1, -0.05) is 66.7 Å². The molecule has 1 heterocycles. The van der Waals surface area contributed by atoms with Crippen LogP contribution in [0.25, 0.3) is 5.57 Å². The molecule has 0 amide bonds. The number of likely N-dealkylation sites (tertiary alicyclic amines) is 1. The monoisotopic (exact) mass is 289 g/mol. The van der Waals surface area contributed by atoms with Gasteiger partial charge in [0.1, 0.15) is 0 Å². The van der Waals surface area contributed by atoms with Crippen LogP contribution in [0.2, 0.25) is 0 Å². The molecule has 22 heavy (non-hydrogen) atoms. The molecule has 2 heteroatoms. The minimum Gasteiger partial charge on any atom is -0.298 e. The largest absolute Gasteiger partial charge is 0.298 e. The van der Waals surface area contributed by atoms with Crippen LogP contribution in [-0.2, 0) is 11.3 Å². The van der Waals surface area contributed by atoms with Gasteiger partial charge in [0.05, 0.1) is 0 Å². The molecule has 1 aliphatic heterocycles. The van der Waals surface area contributed by atoms with Crippen LogP contribution in [0.3, 0.4) is 0 Å². The van der Waals surface area contributed by atoms with Gasteiger partial charge in [0.25, 0.3) is 0 Å². The highest BCUT2D eigenvalue weighted by Crippen LogP contribution is 2.38. The molecule has 2 atom stereocenters. The van der Waals surface area contributed by atoms with Crippen LogP contribution in [0.4, 0.5) is 0 Å². The van der Waals surface area contributed by atoms with E-state index >= 15 is 0 Å². The smallest absolute Gasteiger partial charge is 0.168 e. The summed E-state index contributed by atoms with van der Waals surface area (Å²) in [5.41, 5.74) is 3.31. The van der Waals surface area contributed by atoms with Crippen molar-refractivity contribution in [3.8, 4) is 0 Å². The van der Waals surface area contributed by atoms with Gasteiger partial charge in [-0.3, -0.25) is 9.69 Å². The molecule has 2 aromatic rings. The Morgan fingerprint density at radius 1 is 0.909 bits per heavy atom. The molecule has 0 N–H and O–H groups in total. The summed E-state index contributed by atoms with van der Waals surface area (Å²) in [6.45, 7) is 2.81. The predicted molar refractivity (Wildman–Crippen MR) is 88.1 cm³/mol. The van der Waals surface area contributed by atoms with Crippen molar-refractivity contribution in [2.75, 3.05) is 13.1 Å². The number of nitrogens with zero attached hydrogens (tertiary/aromatic N) is 1. The molecule has 2 aromatic carbocycles. The molecule has 110 valence electrons. The molecule has 0 saturated carbocycles. The summed E-state index contributed by atoms with van der Waals surface area (Å²) in [4.78, 5) is 15.1. The van der Waals surface area contributed by atoms with Gasteiger partial charge in [-0.05, 0) is 11.1 Å². The zero-order valence-corrected chi connectivity index (χ0v) is 12.5. The van der Waals surface area contributed by atoms with E-state index in [1.807, 2.05) is 36.4 Å². The molecule has 0 spiro atoms. The molecule has 2 nitrogen and oxygen atoms in total. The fourth-order valence-corrected chi connectivity index (χ4v) is 3.68. The van der Waals surface area contributed by atoms with Crippen LogP contribution in [-0.4, -0.2) is 23.8 Å². The third-order valence-corrected chi connectivity index (χ3v) is 4.76. The predicted octanol–water partition coefficient (Wildman–Crippen LogP) is 3.40. The summed E-state index contributed by atoms with van der Waals surface area (Å²) < 4.78 is 0. The number of carbonyl (C=O) groups is 1. The van der Waals surface area contributed by atoms with Crippen LogP contribution >= 0.6 is 0 Å². The lowest BCUT2D eigenvalue weighted by atomic mass is 9.97. The Kier molecular flexibility index (Phi) is 3.39. The highest BCUT2D eigenvalue weighted by atomic mass is 16.1. The summed E-state index contributed by atoms with van der Waals surface area (Å²) in [6.07, 6.45) is 2.20. The van der Waals surface area contributed by atoms with E-state index in [0.717, 1.165) is 30.8 Å². The van der Waals surface area contributed by atoms with Gasteiger partial charge in [-0.25, -0.2) is 0 Å². The molecule has 1 fully saturated rings. The molecular formula is C20H19NO. The van der Waals surface area contributed by atoms with E-state index in [9.17, 15) is 4.79 Å². The zero-order valence-electron chi connectivity index (χ0n) is 12.5. The average Bonchev–Trinajstić information content (AvgIpc) is 3.08. The summed E-state index contributed by atoms with van der Waals surface area (Å²) >= 11 is 0. The topological polar surface area (TPSA) is 20.3 Å². The lowest BCUT2D eigenvalue weighted by molar-refractivity contribution is -0.116. The lowest BCUT2D eigenvalue weighted by Crippen LogP contribution is -2.23. The number of benzene rings is 2. The van der Waals surface area contributed by atoms with Gasteiger partial charge >= 0.3 is 0 Å². The number of ketones is 1. The normalized spacial score (nSPS) is 24.4. The van der Waals surface area contributed by atoms with Crippen LogP contribution in [0, 0.1) is 11.8 Å². The standard InChI is InChI=1S/C20H19NO/c22-20-18(16-9-5-2-6-10-16)11-17-13-21(14-19(17)20)12-15-7-3-1-4-8-15/h1-11,17,19H,12-14H2/t17-,19+/m0/s1. The molecule has 0 bridgehead atoms. The molecular weight excluding hydrogens is 270 g/mol. The zero-order chi connectivity index (χ0) is 14.9. The Morgan fingerprint density at radius 3 is 2.27 bits per heavy atom. The highest BCUT2D eigenvalue weighted by molar-refractivity contribution is 6.24. The molecule has 0 unspecified atom stereocenters. The quantitative estimate of drug-likeness (QED) is 0.863. The lowest BCUT2D eigenvalue weighted by Gasteiger charge is -2.16. The first kappa shape index (κ1) is 13.5. The van der Waals surface area contributed by atoms with Crippen molar-refractivity contribution in [1.82, 2.24) is 4.90 Å². The maximum atomic E-state index is 12.7. The maximum absolute atomic E-state index is 12.7. The molecule has 4 rings (SSSR count). The van der Waals surface area contributed by atoms with Crippen LogP contribution < -0.4 is 0 Å². The minimum atomic E-state index is 0.152. The molecule has 2 aliphatic rings. The maximum Gasteiger partial charge on any atom is 0.168 e. The van der Waals surface area contributed by atoms with E-state index in [2.05, 4.69) is 35.2 Å². The van der Waals surface area contributed by atoms with E-state index in [4.69, 9.17) is 0 Å². The highest BCUT2D eigenvalue weighted by Gasteiger charge is 2.42. The van der Waals surface area contributed by atoms with E-state index < -0.39 is 0 Å². The number of rotatable bonds is 3. The third kappa shape index (κ3) is 2.40. The molecule has 0 aromatic heterocycles. The van der Waals surface area contributed by atoms with Crippen molar-refractivity contribution < 1.29 is 4.79 Å². The van der Waals surface area contributed by atoms with Crippen LogP contribution in [0.1, 0.15) is 11.1 Å². The number of hydrogen-bond acceptors (Lipinski definition) is 2. The van der Waals surface area contributed by atoms with Gasteiger partial charge < -0.3 is 0 Å². The summed E-state index contributed by atoms with van der Waals surface area (Å²) in [5, 5.41) is 0. The van der Waals surface area contributed by atoms with Crippen LogP contribution in [0.15, 0.2) is 66.7 Å². The van der Waals surface area contributed by atoms with Crippen molar-refractivity contribution in [3.05, 3.63) is 77.9 Å². The first-order valence-corrected chi connectivity index (χ1v) is 7.89. The van der Waals surface area contributed by atoms with E-state index in [1.54, 1.807) is 0 Å². The first-order chi connectivity index (χ1) is 10.8. The fourth-order valence-electron chi connectivity index (χ4n) is 3.68. The summed E-state index contributed by atoms with van der Waals surface area (Å²) in [7, 11) is 0. The van der Waals surface area contributed by atoms with Crippen molar-refractivity contribution in [2.24, 2.45) is 11.8 Å². The minimum absolute atomic E-state index is 0.152. The average molecular weight is 289 g/mol. The first-order valence-electron chi connectivity index (χ1n) is 7.89. The number of fused-ring (bicyclic) bond motifs is 1. The van der Waals surface area contributed by atoms with Crippen molar-refractivity contribution >= 4 is 11.4 Å². The Hall–Kier alpha value is -2.19. The SMILES string of the molecule is O=C1C(c2ccccc2)=C[C@H]2CN(Cc3ccccc3)C[C@@H]12. The fraction of sp³-hybridized carbons (Fsp3) is 0.250. The van der Waals surface area contributed by atoms with Crippen LogP contribution in [0.5, 0.6) is 0 Å². The van der Waals surface area contributed by atoms with Crippen molar-refractivity contribution in [3.63, 3.8) is 0 Å². The third-order valence-electron chi connectivity index (χ3n) is 4.76. The molecule has 1 aliphatic carbocycles. The second-order valence-electron chi connectivity index (χ2n) is 6.26. The molecule has 0 radical (unpaired) electrons. The van der Waals surface area contributed by atoms with Crippen molar-refractivity contribution in [1.29, 1.82) is 0 Å². The van der Waals surface area contributed by atoms with Gasteiger partial charge in [-0.2, -0.15) is 0 Å². The van der Waals surface area contributed by atoms with E-state index in [1.165, 1.54) is 5.56 Å².